The molecule has 0 saturated heterocycles. The number of nitrogens with one attached hydrogen (secondary N) is 1. The van der Waals surface area contributed by atoms with E-state index in [0.717, 1.165) is 36.8 Å². The van der Waals surface area contributed by atoms with Gasteiger partial charge in [-0.05, 0) is 62.9 Å². The number of hydrogen-bond acceptors (Lipinski definition) is 3. The van der Waals surface area contributed by atoms with Gasteiger partial charge in [0.1, 0.15) is 17.6 Å². The first-order valence-corrected chi connectivity index (χ1v) is 11.9. The lowest BCUT2D eigenvalue weighted by Gasteiger charge is -2.31. The Balaban J connectivity index is 1.74. The second-order valence-electron chi connectivity index (χ2n) is 8.79. The van der Waals surface area contributed by atoms with E-state index in [9.17, 15) is 14.0 Å². The monoisotopic (exact) mass is 474 g/mol. The molecule has 0 heterocycles. The number of ether oxygens (including phenoxy) is 1. The van der Waals surface area contributed by atoms with Gasteiger partial charge in [-0.15, -0.1) is 0 Å². The van der Waals surface area contributed by atoms with E-state index in [-0.39, 0.29) is 25.1 Å². The summed E-state index contributed by atoms with van der Waals surface area (Å²) in [5.74, 6) is -0.521. The molecule has 2 aromatic carbocycles. The Hall–Kier alpha value is -2.60. The van der Waals surface area contributed by atoms with E-state index in [0.29, 0.717) is 16.3 Å². The molecule has 178 valence electrons. The molecule has 0 aliphatic heterocycles. The Kier molecular flexibility index (Phi) is 8.73. The predicted octanol–water partition coefficient (Wildman–Crippen LogP) is 5.34. The van der Waals surface area contributed by atoms with Crippen molar-refractivity contribution in [3.8, 4) is 5.75 Å². The summed E-state index contributed by atoms with van der Waals surface area (Å²) in [4.78, 5) is 27.5. The third-order valence-electron chi connectivity index (χ3n) is 6.19. The zero-order chi connectivity index (χ0) is 24.0. The molecule has 0 spiro atoms. The smallest absolute Gasteiger partial charge is 0.261 e. The molecule has 1 atom stereocenters. The first-order chi connectivity index (χ1) is 15.8. The Morgan fingerprint density at radius 2 is 1.79 bits per heavy atom. The van der Waals surface area contributed by atoms with Gasteiger partial charge in [-0.1, -0.05) is 49.1 Å². The fraction of sp³-hybridized carbons (Fsp3) is 0.462. The topological polar surface area (TPSA) is 58.6 Å². The van der Waals surface area contributed by atoms with Crippen LogP contribution in [0.2, 0.25) is 5.02 Å². The third kappa shape index (κ3) is 6.70. The van der Waals surface area contributed by atoms with Gasteiger partial charge in [0, 0.05) is 23.2 Å². The van der Waals surface area contributed by atoms with Crippen LogP contribution in [0.3, 0.4) is 0 Å². The van der Waals surface area contributed by atoms with Crippen molar-refractivity contribution in [1.82, 2.24) is 10.2 Å². The van der Waals surface area contributed by atoms with Crippen molar-refractivity contribution in [2.24, 2.45) is 0 Å². The van der Waals surface area contributed by atoms with Crippen LogP contribution in [0.1, 0.15) is 55.7 Å². The molecule has 0 unspecified atom stereocenters. The highest BCUT2D eigenvalue weighted by Crippen LogP contribution is 2.26. The van der Waals surface area contributed by atoms with Crippen LogP contribution in [-0.4, -0.2) is 35.4 Å². The minimum atomic E-state index is -0.767. The standard InChI is InChI=1S/C26H32ClFN2O3/c1-17-13-22(14-18(2)25(17)27)33-16-24(31)30(15-20-9-7-8-12-23(20)28)19(3)26(32)29-21-10-5-4-6-11-21/h7-9,12-14,19,21H,4-6,10-11,15-16H2,1-3H3,(H,29,32)/t19-/m1/s1. The van der Waals surface area contributed by atoms with E-state index in [1.54, 1.807) is 37.3 Å². The van der Waals surface area contributed by atoms with E-state index < -0.39 is 17.8 Å². The van der Waals surface area contributed by atoms with Gasteiger partial charge in [-0.25, -0.2) is 4.39 Å². The van der Waals surface area contributed by atoms with Crippen molar-refractivity contribution in [3.05, 3.63) is 63.9 Å². The molecule has 5 nitrogen and oxygen atoms in total. The van der Waals surface area contributed by atoms with Crippen molar-refractivity contribution >= 4 is 23.4 Å². The maximum atomic E-state index is 14.3. The van der Waals surface area contributed by atoms with Crippen LogP contribution >= 0.6 is 11.6 Å². The van der Waals surface area contributed by atoms with Crippen LogP contribution < -0.4 is 10.1 Å². The number of carbonyl (C=O) groups is 2. The van der Waals surface area contributed by atoms with E-state index in [2.05, 4.69) is 5.32 Å². The normalized spacial score (nSPS) is 15.1. The summed E-state index contributed by atoms with van der Waals surface area (Å²) in [5, 5.41) is 3.72. The van der Waals surface area contributed by atoms with Gasteiger partial charge in [-0.3, -0.25) is 9.59 Å². The van der Waals surface area contributed by atoms with E-state index in [4.69, 9.17) is 16.3 Å². The molecule has 1 N–H and O–H groups in total. The molecule has 33 heavy (non-hydrogen) atoms. The van der Waals surface area contributed by atoms with Crippen LogP contribution in [0.5, 0.6) is 5.75 Å². The number of aryl methyl sites for hydroxylation is 2. The number of halogens is 2. The number of benzene rings is 2. The molecule has 2 amide bonds. The second-order valence-corrected chi connectivity index (χ2v) is 9.17. The first-order valence-electron chi connectivity index (χ1n) is 11.5. The van der Waals surface area contributed by atoms with Gasteiger partial charge in [0.15, 0.2) is 6.61 Å². The predicted molar refractivity (Wildman–Crippen MR) is 128 cm³/mol. The maximum absolute atomic E-state index is 14.3. The van der Waals surface area contributed by atoms with Gasteiger partial charge in [0.2, 0.25) is 5.91 Å². The molecule has 0 bridgehead atoms. The van der Waals surface area contributed by atoms with Crippen molar-refractivity contribution in [1.29, 1.82) is 0 Å². The molecule has 0 radical (unpaired) electrons. The number of rotatable bonds is 8. The van der Waals surface area contributed by atoms with Crippen LogP contribution in [-0.2, 0) is 16.1 Å². The summed E-state index contributed by atoms with van der Waals surface area (Å²) in [5.41, 5.74) is 2.05. The van der Waals surface area contributed by atoms with Crippen molar-refractivity contribution in [2.75, 3.05) is 6.61 Å². The van der Waals surface area contributed by atoms with Gasteiger partial charge in [0.25, 0.3) is 5.91 Å². The second kappa shape index (κ2) is 11.5. The average molecular weight is 475 g/mol. The van der Waals surface area contributed by atoms with Crippen LogP contribution in [0, 0.1) is 19.7 Å². The highest BCUT2D eigenvalue weighted by atomic mass is 35.5. The van der Waals surface area contributed by atoms with Gasteiger partial charge >= 0.3 is 0 Å². The molecule has 1 aliphatic carbocycles. The van der Waals surface area contributed by atoms with Gasteiger partial charge in [-0.2, -0.15) is 0 Å². The minimum Gasteiger partial charge on any atom is -0.484 e. The molecule has 1 fully saturated rings. The summed E-state index contributed by atoms with van der Waals surface area (Å²) < 4.78 is 20.1. The number of carbonyl (C=O) groups excluding carboxylic acids is 2. The average Bonchev–Trinajstić information content (AvgIpc) is 2.80. The van der Waals surface area contributed by atoms with E-state index in [1.165, 1.54) is 17.4 Å². The number of nitrogens with zero attached hydrogens (tertiary/aromatic N) is 1. The summed E-state index contributed by atoms with van der Waals surface area (Å²) >= 11 is 6.21. The van der Waals surface area contributed by atoms with Crippen molar-refractivity contribution in [2.45, 2.75) is 71.5 Å². The van der Waals surface area contributed by atoms with E-state index >= 15 is 0 Å². The highest BCUT2D eigenvalue weighted by molar-refractivity contribution is 6.32. The number of amides is 2. The molecule has 0 aromatic heterocycles. The quantitative estimate of drug-likeness (QED) is 0.561. The zero-order valence-corrected chi connectivity index (χ0v) is 20.3. The lowest BCUT2D eigenvalue weighted by atomic mass is 9.95. The Morgan fingerprint density at radius 1 is 1.15 bits per heavy atom. The minimum absolute atomic E-state index is 0.0210. The Morgan fingerprint density at radius 3 is 2.42 bits per heavy atom. The van der Waals surface area contributed by atoms with Crippen LogP contribution in [0.4, 0.5) is 4.39 Å². The summed E-state index contributed by atoms with van der Waals surface area (Å²) in [7, 11) is 0. The van der Waals surface area contributed by atoms with Crippen LogP contribution in [0.15, 0.2) is 36.4 Å². The van der Waals surface area contributed by atoms with Gasteiger partial charge in [0.05, 0.1) is 0 Å². The Labute approximate surface area is 200 Å². The maximum Gasteiger partial charge on any atom is 0.261 e. The zero-order valence-electron chi connectivity index (χ0n) is 19.5. The lowest BCUT2D eigenvalue weighted by molar-refractivity contribution is -0.142. The summed E-state index contributed by atoms with van der Waals surface area (Å²) in [6.07, 6.45) is 5.24. The fourth-order valence-electron chi connectivity index (χ4n) is 4.18. The van der Waals surface area contributed by atoms with Crippen LogP contribution in [0.25, 0.3) is 0 Å². The van der Waals surface area contributed by atoms with Gasteiger partial charge < -0.3 is 15.0 Å². The van der Waals surface area contributed by atoms with E-state index in [1.807, 2.05) is 13.8 Å². The molecule has 7 heteroatoms. The lowest BCUT2D eigenvalue weighted by Crippen LogP contribution is -2.51. The first kappa shape index (κ1) is 25.0. The fourth-order valence-corrected chi connectivity index (χ4v) is 4.29. The van der Waals surface area contributed by atoms with Crippen molar-refractivity contribution in [3.63, 3.8) is 0 Å². The Bertz CT molecular complexity index is 968. The summed E-state index contributed by atoms with van der Waals surface area (Å²) in [6.45, 7) is 5.12. The van der Waals surface area contributed by atoms with Crippen molar-refractivity contribution < 1.29 is 18.7 Å². The molecule has 2 aromatic rings. The molecule has 1 saturated carbocycles. The third-order valence-corrected chi connectivity index (χ3v) is 6.79. The molecular formula is C26H32ClFN2O3. The largest absolute Gasteiger partial charge is 0.484 e. The number of hydrogen-bond donors (Lipinski definition) is 1. The molecular weight excluding hydrogens is 443 g/mol. The SMILES string of the molecule is Cc1cc(OCC(=O)N(Cc2ccccc2F)[C@H](C)C(=O)NC2CCCCC2)cc(C)c1Cl. The highest BCUT2D eigenvalue weighted by Gasteiger charge is 2.29. The molecule has 3 rings (SSSR count). The molecule has 1 aliphatic rings. The summed E-state index contributed by atoms with van der Waals surface area (Å²) in [6, 6.07) is 9.16.